The van der Waals surface area contributed by atoms with Crippen LogP contribution in [0.15, 0.2) is 42.5 Å². The summed E-state index contributed by atoms with van der Waals surface area (Å²) in [6, 6.07) is 12.7. The largest absolute Gasteiger partial charge is 0.507 e. The molecule has 0 aliphatic carbocycles. The second-order valence-corrected chi connectivity index (χ2v) is 4.16. The Morgan fingerprint density at radius 1 is 1.10 bits per heavy atom. The number of amides is 1. The van der Waals surface area contributed by atoms with Crippen LogP contribution in [0.4, 0.5) is 5.69 Å². The summed E-state index contributed by atoms with van der Waals surface area (Å²) >= 11 is 0. The molecular weight excluding hydrogens is 256 g/mol. The number of para-hydroxylation sites is 1. The van der Waals surface area contributed by atoms with Crippen LogP contribution in [-0.4, -0.2) is 23.2 Å². The zero-order chi connectivity index (χ0) is 14.7. The Bertz CT molecular complexity index is 684. The van der Waals surface area contributed by atoms with E-state index in [0.29, 0.717) is 11.3 Å². The van der Waals surface area contributed by atoms with E-state index >= 15 is 0 Å². The molecule has 5 heteroatoms. The van der Waals surface area contributed by atoms with Gasteiger partial charge in [0.15, 0.2) is 0 Å². The van der Waals surface area contributed by atoms with Gasteiger partial charge in [0.25, 0.3) is 5.91 Å². The molecule has 5 nitrogen and oxygen atoms in total. The third-order valence-electron chi connectivity index (χ3n) is 2.92. The van der Waals surface area contributed by atoms with Gasteiger partial charge in [-0.2, -0.15) is 5.26 Å². The Kier molecular flexibility index (Phi) is 3.58. The van der Waals surface area contributed by atoms with Crippen LogP contribution in [0.5, 0.6) is 11.5 Å². The Morgan fingerprint density at radius 3 is 2.30 bits per heavy atom. The highest BCUT2D eigenvalue weighted by molar-refractivity contribution is 6.09. The molecule has 2 aromatic carbocycles. The Morgan fingerprint density at radius 2 is 1.70 bits per heavy atom. The van der Waals surface area contributed by atoms with E-state index < -0.39 is 5.91 Å². The van der Waals surface area contributed by atoms with Gasteiger partial charge in [0, 0.05) is 7.05 Å². The van der Waals surface area contributed by atoms with E-state index in [-0.39, 0.29) is 17.1 Å². The first-order chi connectivity index (χ1) is 9.56. The summed E-state index contributed by atoms with van der Waals surface area (Å²) in [7, 11) is 1.48. The molecular formula is C15H12N2O3. The minimum atomic E-state index is -0.594. The fourth-order valence-electron chi connectivity index (χ4n) is 1.89. The molecule has 20 heavy (non-hydrogen) atoms. The summed E-state index contributed by atoms with van der Waals surface area (Å²) in [6.45, 7) is 0. The van der Waals surface area contributed by atoms with Crippen molar-refractivity contribution in [3.63, 3.8) is 0 Å². The average molecular weight is 268 g/mol. The molecule has 0 radical (unpaired) electrons. The van der Waals surface area contributed by atoms with E-state index in [4.69, 9.17) is 5.26 Å². The number of anilines is 1. The lowest BCUT2D eigenvalue weighted by Gasteiger charge is -2.19. The maximum Gasteiger partial charge on any atom is 0.265 e. The molecule has 100 valence electrons. The highest BCUT2D eigenvalue weighted by Gasteiger charge is 2.22. The van der Waals surface area contributed by atoms with Crippen LogP contribution in [0.2, 0.25) is 0 Å². The number of carbonyl (C=O) groups is 1. The van der Waals surface area contributed by atoms with Gasteiger partial charge in [0.2, 0.25) is 0 Å². The molecule has 0 saturated heterocycles. The second-order valence-electron chi connectivity index (χ2n) is 4.16. The number of phenols is 2. The van der Waals surface area contributed by atoms with Gasteiger partial charge < -0.3 is 15.1 Å². The molecule has 0 aliphatic rings. The topological polar surface area (TPSA) is 84.6 Å². The number of hydrogen-bond acceptors (Lipinski definition) is 4. The highest BCUT2D eigenvalue weighted by atomic mass is 16.3. The van der Waals surface area contributed by atoms with Gasteiger partial charge in [-0.3, -0.25) is 4.79 Å². The number of rotatable bonds is 2. The third-order valence-corrected chi connectivity index (χ3v) is 2.92. The first kappa shape index (κ1) is 13.4. The lowest BCUT2D eigenvalue weighted by atomic mass is 10.1. The Hall–Kier alpha value is -3.00. The highest BCUT2D eigenvalue weighted by Crippen LogP contribution is 2.29. The summed E-state index contributed by atoms with van der Waals surface area (Å²) in [5.41, 5.74) is 0.545. The predicted octanol–water partition coefficient (Wildman–Crippen LogP) is 2.25. The standard InChI is InChI=1S/C15H12N2O3/c1-17(11-6-3-2-5-10(11)9-16)15(20)14-12(18)7-4-8-13(14)19/h2-8,18-19H,1H3. The molecule has 0 unspecified atom stereocenters. The summed E-state index contributed by atoms with van der Waals surface area (Å²) in [4.78, 5) is 13.6. The van der Waals surface area contributed by atoms with E-state index in [1.807, 2.05) is 6.07 Å². The molecule has 0 saturated carbocycles. The monoisotopic (exact) mass is 268 g/mol. The SMILES string of the molecule is CN(C(=O)c1c(O)cccc1O)c1ccccc1C#N. The quantitative estimate of drug-likeness (QED) is 0.874. The predicted molar refractivity (Wildman–Crippen MR) is 73.7 cm³/mol. The minimum Gasteiger partial charge on any atom is -0.507 e. The van der Waals surface area contributed by atoms with Gasteiger partial charge in [-0.1, -0.05) is 18.2 Å². The van der Waals surface area contributed by atoms with Crippen LogP contribution in [0.3, 0.4) is 0 Å². The maximum absolute atomic E-state index is 12.4. The van der Waals surface area contributed by atoms with Crippen LogP contribution in [0, 0.1) is 11.3 Å². The molecule has 0 spiro atoms. The number of aromatic hydroxyl groups is 2. The first-order valence-electron chi connectivity index (χ1n) is 5.84. The Labute approximate surface area is 115 Å². The molecule has 2 rings (SSSR count). The van der Waals surface area contributed by atoms with Gasteiger partial charge in [-0.15, -0.1) is 0 Å². The molecule has 1 amide bonds. The summed E-state index contributed by atoms with van der Waals surface area (Å²) in [6.07, 6.45) is 0. The maximum atomic E-state index is 12.4. The average Bonchev–Trinajstić information content (AvgIpc) is 2.46. The summed E-state index contributed by atoms with van der Waals surface area (Å²) in [5.74, 6) is -1.21. The van der Waals surface area contributed by atoms with Crippen molar-refractivity contribution in [3.05, 3.63) is 53.6 Å². The molecule has 0 bridgehead atoms. The van der Waals surface area contributed by atoms with Crippen molar-refractivity contribution in [1.29, 1.82) is 5.26 Å². The van der Waals surface area contributed by atoms with Gasteiger partial charge in [-0.05, 0) is 24.3 Å². The van der Waals surface area contributed by atoms with Gasteiger partial charge >= 0.3 is 0 Å². The summed E-state index contributed by atoms with van der Waals surface area (Å²) < 4.78 is 0. The van der Waals surface area contributed by atoms with Crippen LogP contribution < -0.4 is 4.90 Å². The molecule has 0 atom stereocenters. The molecule has 2 aromatic rings. The third kappa shape index (κ3) is 2.27. The number of phenolic OH excluding ortho intramolecular Hbond substituents is 2. The fraction of sp³-hybridized carbons (Fsp3) is 0.0667. The van der Waals surface area contributed by atoms with Crippen LogP contribution in [0.1, 0.15) is 15.9 Å². The molecule has 0 aliphatic heterocycles. The van der Waals surface area contributed by atoms with Crippen molar-refractivity contribution < 1.29 is 15.0 Å². The first-order valence-corrected chi connectivity index (χ1v) is 5.84. The zero-order valence-corrected chi connectivity index (χ0v) is 10.7. The van der Waals surface area contributed by atoms with Crippen molar-refractivity contribution in [2.45, 2.75) is 0 Å². The number of nitrogens with zero attached hydrogens (tertiary/aromatic N) is 2. The van der Waals surface area contributed by atoms with Crippen molar-refractivity contribution in [3.8, 4) is 17.6 Å². The smallest absolute Gasteiger partial charge is 0.265 e. The number of hydrogen-bond donors (Lipinski definition) is 2. The number of benzene rings is 2. The fourth-order valence-corrected chi connectivity index (χ4v) is 1.89. The van der Waals surface area contributed by atoms with Crippen molar-refractivity contribution in [1.82, 2.24) is 0 Å². The van der Waals surface area contributed by atoms with Crippen LogP contribution in [-0.2, 0) is 0 Å². The summed E-state index contributed by atoms with van der Waals surface area (Å²) in [5, 5.41) is 28.5. The minimum absolute atomic E-state index is 0.192. The van der Waals surface area contributed by atoms with Crippen molar-refractivity contribution in [2.24, 2.45) is 0 Å². The lowest BCUT2D eigenvalue weighted by molar-refractivity contribution is 0.0987. The Balaban J connectivity index is 2.46. The molecule has 0 heterocycles. The van der Waals surface area contributed by atoms with Gasteiger partial charge in [0.1, 0.15) is 23.1 Å². The number of carbonyl (C=O) groups excluding carboxylic acids is 1. The molecule has 0 fully saturated rings. The van der Waals surface area contributed by atoms with E-state index in [1.165, 1.54) is 30.1 Å². The van der Waals surface area contributed by atoms with Gasteiger partial charge in [0.05, 0.1) is 11.3 Å². The van der Waals surface area contributed by atoms with Gasteiger partial charge in [-0.25, -0.2) is 0 Å². The van der Waals surface area contributed by atoms with Crippen LogP contribution in [0.25, 0.3) is 0 Å². The van der Waals surface area contributed by atoms with Crippen LogP contribution >= 0.6 is 0 Å². The zero-order valence-electron chi connectivity index (χ0n) is 10.7. The lowest BCUT2D eigenvalue weighted by Crippen LogP contribution is -2.27. The molecule has 0 aromatic heterocycles. The van der Waals surface area contributed by atoms with E-state index in [0.717, 1.165) is 0 Å². The number of nitriles is 1. The molecule has 2 N–H and O–H groups in total. The van der Waals surface area contributed by atoms with Crippen molar-refractivity contribution >= 4 is 11.6 Å². The van der Waals surface area contributed by atoms with E-state index in [2.05, 4.69) is 0 Å². The van der Waals surface area contributed by atoms with E-state index in [1.54, 1.807) is 24.3 Å². The van der Waals surface area contributed by atoms with Crippen molar-refractivity contribution in [2.75, 3.05) is 11.9 Å². The second kappa shape index (κ2) is 5.33. The van der Waals surface area contributed by atoms with E-state index in [9.17, 15) is 15.0 Å². The normalized spacial score (nSPS) is 9.80.